The maximum atomic E-state index is 11.6. The first-order chi connectivity index (χ1) is 8.66. The summed E-state index contributed by atoms with van der Waals surface area (Å²) in [5, 5.41) is 14.1. The van der Waals surface area contributed by atoms with Gasteiger partial charge in [0.1, 0.15) is 5.71 Å². The molecule has 18 heavy (non-hydrogen) atoms. The molecule has 2 aliphatic heterocycles. The SMILES string of the molecule is O=C(O)C1=NN(CCCN2CCCC2)C(=O)CC1. The Balaban J connectivity index is 1.81. The molecule has 0 aliphatic carbocycles. The van der Waals surface area contributed by atoms with Crippen molar-refractivity contribution in [3.8, 4) is 0 Å². The number of carboxylic acids is 1. The number of carbonyl (C=O) groups is 2. The molecule has 1 N–H and O–H groups in total. The number of rotatable bonds is 5. The molecule has 0 aromatic rings. The summed E-state index contributed by atoms with van der Waals surface area (Å²) < 4.78 is 0. The molecule has 0 aromatic heterocycles. The van der Waals surface area contributed by atoms with Gasteiger partial charge in [-0.25, -0.2) is 9.80 Å². The van der Waals surface area contributed by atoms with Crippen LogP contribution >= 0.6 is 0 Å². The van der Waals surface area contributed by atoms with Crippen LogP contribution in [-0.4, -0.2) is 58.8 Å². The van der Waals surface area contributed by atoms with Crippen molar-refractivity contribution in [2.75, 3.05) is 26.2 Å². The van der Waals surface area contributed by atoms with Crippen LogP contribution in [0.25, 0.3) is 0 Å². The van der Waals surface area contributed by atoms with E-state index >= 15 is 0 Å². The third-order valence-corrected chi connectivity index (χ3v) is 3.39. The van der Waals surface area contributed by atoms with Crippen molar-refractivity contribution in [1.82, 2.24) is 9.91 Å². The molecule has 6 heteroatoms. The fraction of sp³-hybridized carbons (Fsp3) is 0.750. The van der Waals surface area contributed by atoms with Crippen molar-refractivity contribution in [1.29, 1.82) is 0 Å². The fourth-order valence-corrected chi connectivity index (χ4v) is 2.38. The van der Waals surface area contributed by atoms with E-state index < -0.39 is 5.97 Å². The average molecular weight is 253 g/mol. The molecular weight excluding hydrogens is 234 g/mol. The lowest BCUT2D eigenvalue weighted by atomic mass is 10.1. The van der Waals surface area contributed by atoms with Crippen LogP contribution in [0.15, 0.2) is 5.10 Å². The van der Waals surface area contributed by atoms with E-state index in [9.17, 15) is 9.59 Å². The molecule has 0 spiro atoms. The number of hydrazone groups is 1. The lowest BCUT2D eigenvalue weighted by Gasteiger charge is -2.23. The van der Waals surface area contributed by atoms with Gasteiger partial charge in [-0.2, -0.15) is 5.10 Å². The summed E-state index contributed by atoms with van der Waals surface area (Å²) in [4.78, 5) is 24.8. The molecule has 2 rings (SSSR count). The topological polar surface area (TPSA) is 73.2 Å². The van der Waals surface area contributed by atoms with Crippen molar-refractivity contribution >= 4 is 17.6 Å². The van der Waals surface area contributed by atoms with Crippen LogP contribution in [-0.2, 0) is 9.59 Å². The molecule has 1 fully saturated rings. The molecule has 2 heterocycles. The zero-order valence-electron chi connectivity index (χ0n) is 10.5. The maximum absolute atomic E-state index is 11.6. The Labute approximate surface area is 106 Å². The van der Waals surface area contributed by atoms with Crippen LogP contribution in [0, 0.1) is 0 Å². The number of likely N-dealkylation sites (tertiary alicyclic amines) is 1. The number of carbonyl (C=O) groups excluding carboxylic acids is 1. The highest BCUT2D eigenvalue weighted by atomic mass is 16.4. The first-order valence-electron chi connectivity index (χ1n) is 6.50. The van der Waals surface area contributed by atoms with E-state index in [2.05, 4.69) is 10.0 Å². The number of hydrogen-bond donors (Lipinski definition) is 1. The molecule has 0 atom stereocenters. The zero-order valence-corrected chi connectivity index (χ0v) is 10.5. The summed E-state index contributed by atoms with van der Waals surface area (Å²) >= 11 is 0. The van der Waals surface area contributed by atoms with Crippen LogP contribution in [0.2, 0.25) is 0 Å². The van der Waals surface area contributed by atoms with Crippen LogP contribution in [0.4, 0.5) is 0 Å². The largest absolute Gasteiger partial charge is 0.477 e. The number of carboxylic acid groups (broad SMARTS) is 1. The van der Waals surface area contributed by atoms with Gasteiger partial charge in [-0.15, -0.1) is 0 Å². The van der Waals surface area contributed by atoms with E-state index in [0.29, 0.717) is 6.54 Å². The fourth-order valence-electron chi connectivity index (χ4n) is 2.38. The highest BCUT2D eigenvalue weighted by molar-refractivity contribution is 6.36. The first kappa shape index (κ1) is 13.0. The van der Waals surface area contributed by atoms with E-state index in [-0.39, 0.29) is 24.5 Å². The van der Waals surface area contributed by atoms with Crippen LogP contribution < -0.4 is 0 Å². The van der Waals surface area contributed by atoms with Crippen molar-refractivity contribution in [3.63, 3.8) is 0 Å². The highest BCUT2D eigenvalue weighted by Gasteiger charge is 2.23. The minimum atomic E-state index is -1.02. The Kier molecular flexibility index (Phi) is 4.30. The van der Waals surface area contributed by atoms with Gasteiger partial charge in [-0.1, -0.05) is 0 Å². The second kappa shape index (κ2) is 5.95. The first-order valence-corrected chi connectivity index (χ1v) is 6.50. The van der Waals surface area contributed by atoms with E-state index in [1.807, 2.05) is 0 Å². The standard InChI is InChI=1S/C12H19N3O3/c16-11-5-4-10(12(17)18)13-15(11)9-3-8-14-6-1-2-7-14/h1-9H2,(H,17,18). The molecular formula is C12H19N3O3. The predicted octanol–water partition coefficient (Wildman–Crippen LogP) is 0.535. The summed E-state index contributed by atoms with van der Waals surface area (Å²) in [6, 6.07) is 0. The van der Waals surface area contributed by atoms with E-state index in [0.717, 1.165) is 26.1 Å². The third kappa shape index (κ3) is 3.29. The minimum absolute atomic E-state index is 0.0681. The van der Waals surface area contributed by atoms with Crippen molar-refractivity contribution in [3.05, 3.63) is 0 Å². The van der Waals surface area contributed by atoms with Gasteiger partial charge in [0.25, 0.3) is 0 Å². The molecule has 0 radical (unpaired) electrons. The Hall–Kier alpha value is -1.43. The Morgan fingerprint density at radius 3 is 2.61 bits per heavy atom. The van der Waals surface area contributed by atoms with Gasteiger partial charge >= 0.3 is 5.97 Å². The van der Waals surface area contributed by atoms with Gasteiger partial charge in [0.15, 0.2) is 0 Å². The molecule has 2 aliphatic rings. The molecule has 1 saturated heterocycles. The summed E-state index contributed by atoms with van der Waals surface area (Å²) in [5.41, 5.74) is 0.0933. The third-order valence-electron chi connectivity index (χ3n) is 3.39. The monoisotopic (exact) mass is 253 g/mol. The second-order valence-electron chi connectivity index (χ2n) is 4.77. The number of aliphatic carboxylic acids is 1. The zero-order chi connectivity index (χ0) is 13.0. The number of hydrogen-bond acceptors (Lipinski definition) is 4. The second-order valence-corrected chi connectivity index (χ2v) is 4.77. The van der Waals surface area contributed by atoms with Gasteiger partial charge in [0.05, 0.1) is 0 Å². The molecule has 100 valence electrons. The molecule has 0 unspecified atom stereocenters. The van der Waals surface area contributed by atoms with Crippen molar-refractivity contribution in [2.24, 2.45) is 5.10 Å². The van der Waals surface area contributed by atoms with Crippen LogP contribution in [0.3, 0.4) is 0 Å². The van der Waals surface area contributed by atoms with Crippen molar-refractivity contribution < 1.29 is 14.7 Å². The van der Waals surface area contributed by atoms with Crippen molar-refractivity contribution in [2.45, 2.75) is 32.1 Å². The Morgan fingerprint density at radius 1 is 1.22 bits per heavy atom. The van der Waals surface area contributed by atoms with E-state index in [1.165, 1.54) is 17.9 Å². The molecule has 0 aromatic carbocycles. The summed E-state index contributed by atoms with van der Waals surface area (Å²) in [6.45, 7) is 3.75. The van der Waals surface area contributed by atoms with Gasteiger partial charge in [0, 0.05) is 19.4 Å². The highest BCUT2D eigenvalue weighted by Crippen LogP contribution is 2.11. The summed E-state index contributed by atoms with van der Waals surface area (Å²) in [6.07, 6.45) is 3.86. The Bertz CT molecular complexity index is 362. The van der Waals surface area contributed by atoms with Gasteiger partial charge in [0.2, 0.25) is 5.91 Å². The smallest absolute Gasteiger partial charge is 0.352 e. The van der Waals surface area contributed by atoms with Gasteiger partial charge in [-0.05, 0) is 38.9 Å². The minimum Gasteiger partial charge on any atom is -0.477 e. The normalized spacial score (nSPS) is 21.2. The predicted molar refractivity (Wildman–Crippen MR) is 66.3 cm³/mol. The molecule has 0 bridgehead atoms. The molecule has 6 nitrogen and oxygen atoms in total. The average Bonchev–Trinajstić information content (AvgIpc) is 2.84. The van der Waals surface area contributed by atoms with E-state index in [4.69, 9.17) is 5.11 Å². The molecule has 1 amide bonds. The maximum Gasteiger partial charge on any atom is 0.352 e. The van der Waals surface area contributed by atoms with Gasteiger partial charge in [-0.3, -0.25) is 4.79 Å². The van der Waals surface area contributed by atoms with E-state index in [1.54, 1.807) is 0 Å². The van der Waals surface area contributed by atoms with Gasteiger partial charge < -0.3 is 10.0 Å². The number of amides is 1. The lowest BCUT2D eigenvalue weighted by Crippen LogP contribution is -2.36. The summed E-state index contributed by atoms with van der Waals surface area (Å²) in [7, 11) is 0. The lowest BCUT2D eigenvalue weighted by molar-refractivity contribution is -0.133. The summed E-state index contributed by atoms with van der Waals surface area (Å²) in [5.74, 6) is -1.09. The Morgan fingerprint density at radius 2 is 1.94 bits per heavy atom. The molecule has 0 saturated carbocycles. The van der Waals surface area contributed by atoms with Crippen LogP contribution in [0.1, 0.15) is 32.1 Å². The quantitative estimate of drug-likeness (QED) is 0.776. The number of nitrogens with zero attached hydrogens (tertiary/aromatic N) is 3. The van der Waals surface area contributed by atoms with Crippen LogP contribution in [0.5, 0.6) is 0 Å².